The van der Waals surface area contributed by atoms with Gasteiger partial charge in [-0.2, -0.15) is 0 Å². The number of hydrogen-bond acceptors (Lipinski definition) is 10. The molecule has 0 aliphatic heterocycles. The van der Waals surface area contributed by atoms with Crippen LogP contribution in [0.5, 0.6) is 34.5 Å². The van der Waals surface area contributed by atoms with E-state index in [-0.39, 0.29) is 11.8 Å². The molecule has 0 fully saturated rings. The number of amides is 2. The zero-order valence-corrected chi connectivity index (χ0v) is 35.9. The molecule has 310 valence electrons. The average Bonchev–Trinajstić information content (AvgIpc) is 3.25. The molecule has 4 rings (SSSR count). The van der Waals surface area contributed by atoms with E-state index < -0.39 is 0 Å². The Bertz CT molecular complexity index is 1770. The van der Waals surface area contributed by atoms with E-state index in [4.69, 9.17) is 28.4 Å². The number of hydrogen-bond donors (Lipinski definition) is 2. The summed E-state index contributed by atoms with van der Waals surface area (Å²) < 4.78 is 36.9. The summed E-state index contributed by atoms with van der Waals surface area (Å²) in [7, 11) is 13.1. The maximum Gasteiger partial charge on any atom is 0.220 e. The molecule has 2 N–H and O–H groups in total. The van der Waals surface area contributed by atoms with E-state index in [2.05, 4.69) is 19.8 Å². The van der Waals surface area contributed by atoms with Crippen LogP contribution < -0.4 is 48.2 Å². The minimum atomic E-state index is 0.0539. The Labute approximate surface area is 350 Å². The highest BCUT2D eigenvalue weighted by atomic mass is 33.1. The SMILES string of the molecule is COc1cc(OC)c(C=Cc2cc[n+](CCCC(=O)NCCSSCCNC(=O)CCC[n+]3ccc(C=Cc4c(OC)cc(OC)cc4OC)cc3)cc2)c(OC)c1. The van der Waals surface area contributed by atoms with Crippen molar-refractivity contribution >= 4 is 57.7 Å². The van der Waals surface area contributed by atoms with Crippen LogP contribution in [0.1, 0.15) is 47.9 Å². The summed E-state index contributed by atoms with van der Waals surface area (Å²) in [4.78, 5) is 24.7. The first kappa shape index (κ1) is 45.4. The van der Waals surface area contributed by atoms with E-state index in [0.717, 1.165) is 59.7 Å². The smallest absolute Gasteiger partial charge is 0.220 e. The van der Waals surface area contributed by atoms with Crippen molar-refractivity contribution < 1.29 is 47.1 Å². The van der Waals surface area contributed by atoms with Gasteiger partial charge in [0.25, 0.3) is 0 Å². The topological polar surface area (TPSA) is 121 Å². The number of aromatic nitrogens is 2. The first-order chi connectivity index (χ1) is 28.3. The highest BCUT2D eigenvalue weighted by Crippen LogP contribution is 2.36. The lowest BCUT2D eigenvalue weighted by atomic mass is 10.1. The summed E-state index contributed by atoms with van der Waals surface area (Å²) in [6.07, 6.45) is 18.4. The number of carbonyl (C=O) groups excluding carboxylic acids is 2. The molecular weight excluding hydrogens is 777 g/mol. The van der Waals surface area contributed by atoms with Gasteiger partial charge in [-0.15, -0.1) is 0 Å². The fourth-order valence-corrected chi connectivity index (χ4v) is 7.63. The van der Waals surface area contributed by atoms with Crippen molar-refractivity contribution in [1.29, 1.82) is 0 Å². The second kappa shape index (κ2) is 25.1. The van der Waals surface area contributed by atoms with E-state index in [1.807, 2.05) is 97.6 Å². The monoisotopic (exact) mass is 832 g/mol. The molecule has 0 aliphatic rings. The molecule has 0 radical (unpaired) electrons. The molecule has 58 heavy (non-hydrogen) atoms. The van der Waals surface area contributed by atoms with E-state index >= 15 is 0 Å². The number of pyridine rings is 2. The Morgan fingerprint density at radius 2 is 0.879 bits per heavy atom. The Kier molecular flexibility index (Phi) is 19.6. The second-order valence-corrected chi connectivity index (χ2v) is 15.5. The Hall–Kier alpha value is -5.34. The lowest BCUT2D eigenvalue weighted by Gasteiger charge is -2.12. The molecule has 0 spiro atoms. The van der Waals surface area contributed by atoms with Gasteiger partial charge in [0.2, 0.25) is 11.8 Å². The Balaban J connectivity index is 1.02. The highest BCUT2D eigenvalue weighted by Gasteiger charge is 2.13. The molecule has 2 heterocycles. The van der Waals surface area contributed by atoms with E-state index in [0.29, 0.717) is 60.4 Å². The third-order valence-electron chi connectivity index (χ3n) is 8.96. The van der Waals surface area contributed by atoms with Gasteiger partial charge in [0.05, 0.1) is 53.8 Å². The fourth-order valence-electron chi connectivity index (χ4n) is 5.81. The van der Waals surface area contributed by atoms with Gasteiger partial charge in [-0.05, 0) is 23.3 Å². The van der Waals surface area contributed by atoms with Crippen LogP contribution in [-0.2, 0) is 22.7 Å². The summed E-state index contributed by atoms with van der Waals surface area (Å²) in [5.74, 6) is 5.70. The van der Waals surface area contributed by atoms with Gasteiger partial charge >= 0.3 is 0 Å². The third-order valence-corrected chi connectivity index (χ3v) is 11.4. The van der Waals surface area contributed by atoms with Gasteiger partial charge in [-0.1, -0.05) is 33.7 Å². The number of methoxy groups -OCH3 is 6. The lowest BCUT2D eigenvalue weighted by molar-refractivity contribution is -0.697. The van der Waals surface area contributed by atoms with Crippen LogP contribution in [0.15, 0.2) is 73.3 Å². The maximum absolute atomic E-state index is 12.3. The second-order valence-electron chi connectivity index (χ2n) is 12.8. The van der Waals surface area contributed by atoms with E-state index in [9.17, 15) is 9.59 Å². The van der Waals surface area contributed by atoms with Crippen LogP contribution in [-0.4, -0.2) is 79.1 Å². The zero-order chi connectivity index (χ0) is 41.5. The number of rotatable bonds is 25. The van der Waals surface area contributed by atoms with Crippen molar-refractivity contribution in [2.45, 2.75) is 38.8 Å². The van der Waals surface area contributed by atoms with Gasteiger partial charge in [-0.3, -0.25) is 9.59 Å². The predicted molar refractivity (Wildman–Crippen MR) is 233 cm³/mol. The van der Waals surface area contributed by atoms with Gasteiger partial charge in [0, 0.05) is 98.8 Å². The van der Waals surface area contributed by atoms with Crippen molar-refractivity contribution in [3.63, 3.8) is 0 Å². The number of aryl methyl sites for hydroxylation is 2. The number of nitrogens with zero attached hydrogens (tertiary/aromatic N) is 2. The standard InChI is InChI=1S/C44H54N4O8S2/c1-51-35-29-39(53-3)37(40(30-35)54-4)13-11-33-15-23-47(24-16-33)21-7-9-43(49)45-19-27-57-58-28-20-46-44(50)10-8-22-48-25-17-34(18-26-48)12-14-38-41(55-5)31-36(52-2)32-42(38)56-6/h11-18,23-26,29-32H,7-10,19-22,27-28H2,1-6H3/p+2. The van der Waals surface area contributed by atoms with Gasteiger partial charge in [0.15, 0.2) is 24.8 Å². The maximum atomic E-state index is 12.3. The highest BCUT2D eigenvalue weighted by molar-refractivity contribution is 8.76. The van der Waals surface area contributed by atoms with Crippen LogP contribution in [0.4, 0.5) is 0 Å². The molecular formula is C44H56N4O8S2+2. The summed E-state index contributed by atoms with van der Waals surface area (Å²) in [5, 5.41) is 6.00. The molecule has 0 unspecified atom stereocenters. The minimum absolute atomic E-state index is 0.0539. The van der Waals surface area contributed by atoms with E-state index in [1.54, 1.807) is 64.2 Å². The molecule has 14 heteroatoms. The summed E-state index contributed by atoms with van der Waals surface area (Å²) in [6.45, 7) is 2.72. The van der Waals surface area contributed by atoms with Crippen LogP contribution in [0.2, 0.25) is 0 Å². The zero-order valence-electron chi connectivity index (χ0n) is 34.3. The van der Waals surface area contributed by atoms with Crippen molar-refractivity contribution in [3.8, 4) is 34.5 Å². The summed E-state index contributed by atoms with van der Waals surface area (Å²) in [5.41, 5.74) is 3.72. The predicted octanol–water partition coefficient (Wildman–Crippen LogP) is 6.53. The molecule has 0 atom stereocenters. The lowest BCUT2D eigenvalue weighted by Crippen LogP contribution is -2.34. The van der Waals surface area contributed by atoms with Crippen molar-refractivity contribution in [3.05, 3.63) is 95.6 Å². The molecule has 4 aromatic rings. The first-order valence-electron chi connectivity index (χ1n) is 19.0. The van der Waals surface area contributed by atoms with Gasteiger partial charge in [0.1, 0.15) is 47.6 Å². The molecule has 0 saturated carbocycles. The van der Waals surface area contributed by atoms with E-state index in [1.165, 1.54) is 0 Å². The Morgan fingerprint density at radius 3 is 1.19 bits per heavy atom. The molecule has 0 bridgehead atoms. The van der Waals surface area contributed by atoms with Crippen molar-refractivity contribution in [2.75, 3.05) is 67.3 Å². The summed E-state index contributed by atoms with van der Waals surface area (Å²) in [6, 6.07) is 15.4. The molecule has 12 nitrogen and oxygen atoms in total. The molecule has 2 amide bonds. The van der Waals surface area contributed by atoms with Crippen molar-refractivity contribution in [1.82, 2.24) is 10.6 Å². The number of ether oxygens (including phenoxy) is 6. The third kappa shape index (κ3) is 14.9. The molecule has 0 aliphatic carbocycles. The average molecular weight is 833 g/mol. The fraction of sp³-hybridized carbons (Fsp3) is 0.364. The molecule has 2 aromatic heterocycles. The largest absolute Gasteiger partial charge is 0.496 e. The first-order valence-corrected chi connectivity index (χ1v) is 21.5. The Morgan fingerprint density at radius 1 is 0.534 bits per heavy atom. The number of nitrogens with one attached hydrogen (secondary N) is 2. The quantitative estimate of drug-likeness (QED) is 0.0434. The van der Waals surface area contributed by atoms with Gasteiger partial charge in [-0.25, -0.2) is 9.13 Å². The van der Waals surface area contributed by atoms with Gasteiger partial charge < -0.3 is 39.1 Å². The minimum Gasteiger partial charge on any atom is -0.496 e. The molecule has 2 aromatic carbocycles. The summed E-state index contributed by atoms with van der Waals surface area (Å²) >= 11 is 0. The number of benzene rings is 2. The van der Waals surface area contributed by atoms with Crippen LogP contribution >= 0.6 is 21.6 Å². The van der Waals surface area contributed by atoms with Crippen molar-refractivity contribution in [2.24, 2.45) is 0 Å². The number of carbonyl (C=O) groups is 2. The molecule has 0 saturated heterocycles. The van der Waals surface area contributed by atoms with Crippen LogP contribution in [0, 0.1) is 0 Å². The van der Waals surface area contributed by atoms with Crippen LogP contribution in [0.25, 0.3) is 24.3 Å². The van der Waals surface area contributed by atoms with Crippen LogP contribution in [0.3, 0.4) is 0 Å². The normalized spacial score (nSPS) is 11.1.